The van der Waals surface area contributed by atoms with Gasteiger partial charge in [0.25, 0.3) is 0 Å². The summed E-state index contributed by atoms with van der Waals surface area (Å²) in [5.74, 6) is 0. The van der Waals surface area contributed by atoms with Crippen LogP contribution in [0.15, 0.2) is 23.8 Å². The third-order valence-corrected chi connectivity index (χ3v) is 2.45. The van der Waals surface area contributed by atoms with Gasteiger partial charge >= 0.3 is 0 Å². The molecule has 19 heavy (non-hydrogen) atoms. The SMILES string of the molecule is C.CC.CC.CC.CCCCCCC1=CC=CCC1. The predicted molar refractivity (Wildman–Crippen MR) is 96.0 cm³/mol. The topological polar surface area (TPSA) is 0 Å². The van der Waals surface area contributed by atoms with E-state index in [2.05, 4.69) is 25.2 Å². The predicted octanol–water partition coefficient (Wildman–Crippen LogP) is 7.95. The van der Waals surface area contributed by atoms with Crippen molar-refractivity contribution in [3.8, 4) is 0 Å². The highest BCUT2D eigenvalue weighted by molar-refractivity contribution is 5.17. The summed E-state index contributed by atoms with van der Waals surface area (Å²) < 4.78 is 0. The summed E-state index contributed by atoms with van der Waals surface area (Å²) in [6.45, 7) is 14.3. The largest absolute Gasteiger partial charge is 0.0842 e. The van der Waals surface area contributed by atoms with Gasteiger partial charge in [0.15, 0.2) is 0 Å². The van der Waals surface area contributed by atoms with Crippen LogP contribution in [0.1, 0.15) is 101 Å². The first kappa shape index (κ1) is 26.9. The van der Waals surface area contributed by atoms with E-state index in [1.807, 2.05) is 41.5 Å². The zero-order chi connectivity index (χ0) is 14.6. The van der Waals surface area contributed by atoms with Gasteiger partial charge in [0.05, 0.1) is 0 Å². The van der Waals surface area contributed by atoms with Gasteiger partial charge in [-0.05, 0) is 25.7 Å². The second kappa shape index (κ2) is 30.5. The molecule has 0 aromatic rings. The molecule has 0 spiro atoms. The van der Waals surface area contributed by atoms with Crippen molar-refractivity contribution in [2.75, 3.05) is 0 Å². The first-order chi connectivity index (χ1) is 8.93. The summed E-state index contributed by atoms with van der Waals surface area (Å²) in [6, 6.07) is 0. The average molecular weight is 271 g/mol. The Hall–Kier alpha value is -0.520. The highest BCUT2D eigenvalue weighted by Crippen LogP contribution is 2.18. The maximum atomic E-state index is 2.30. The van der Waals surface area contributed by atoms with Crippen LogP contribution in [0.5, 0.6) is 0 Å². The van der Waals surface area contributed by atoms with Crippen molar-refractivity contribution >= 4 is 0 Å². The van der Waals surface area contributed by atoms with Crippen LogP contribution >= 0.6 is 0 Å². The van der Waals surface area contributed by atoms with Crippen molar-refractivity contribution in [2.45, 2.75) is 101 Å². The molecule has 0 saturated carbocycles. The van der Waals surface area contributed by atoms with Gasteiger partial charge in [-0.2, -0.15) is 0 Å². The van der Waals surface area contributed by atoms with Crippen molar-refractivity contribution < 1.29 is 0 Å². The Labute approximate surface area is 125 Å². The smallest absolute Gasteiger partial charge is 0.0282 e. The second-order valence-corrected chi connectivity index (χ2v) is 3.60. The Kier molecular flexibility index (Phi) is 43.2. The molecule has 0 N–H and O–H groups in total. The van der Waals surface area contributed by atoms with Crippen molar-refractivity contribution in [1.82, 2.24) is 0 Å². The van der Waals surface area contributed by atoms with Gasteiger partial charge < -0.3 is 0 Å². The van der Waals surface area contributed by atoms with E-state index >= 15 is 0 Å². The van der Waals surface area contributed by atoms with E-state index in [0.29, 0.717) is 0 Å². The summed E-state index contributed by atoms with van der Waals surface area (Å²) in [6.07, 6.45) is 16.2. The standard InChI is InChI=1S/C12H20.3C2H6.CH4/c1-2-3-4-6-9-12-10-7-5-8-11-12;3*1-2;/h5,7,10H,2-4,6,8-9,11H2,1H3;3*1-2H3;1H4. The molecule has 0 heteroatoms. The molecule has 1 aliphatic carbocycles. The Balaban J connectivity index is -0.000000142. The van der Waals surface area contributed by atoms with Crippen LogP contribution in [0.4, 0.5) is 0 Å². The molecule has 0 heterocycles. The molecule has 1 aliphatic rings. The van der Waals surface area contributed by atoms with E-state index in [1.54, 1.807) is 5.57 Å². The zero-order valence-electron chi connectivity index (χ0n) is 14.2. The highest BCUT2D eigenvalue weighted by atomic mass is 14.0. The highest BCUT2D eigenvalue weighted by Gasteiger charge is 1.98. The van der Waals surface area contributed by atoms with Crippen molar-refractivity contribution in [3.05, 3.63) is 23.8 Å². The van der Waals surface area contributed by atoms with Crippen LogP contribution in [0, 0.1) is 0 Å². The van der Waals surface area contributed by atoms with Crippen LogP contribution in [-0.2, 0) is 0 Å². The van der Waals surface area contributed by atoms with Gasteiger partial charge in [-0.3, -0.25) is 0 Å². The third kappa shape index (κ3) is 23.1. The number of rotatable bonds is 5. The van der Waals surface area contributed by atoms with Crippen LogP contribution in [0.3, 0.4) is 0 Å². The molecule has 0 amide bonds. The number of allylic oxidation sites excluding steroid dienone is 4. The molecule has 1 rings (SSSR count). The summed E-state index contributed by atoms with van der Waals surface area (Å²) in [4.78, 5) is 0. The van der Waals surface area contributed by atoms with Gasteiger partial charge in [-0.15, -0.1) is 0 Å². The molecule has 0 radical (unpaired) electrons. The zero-order valence-corrected chi connectivity index (χ0v) is 14.2. The van der Waals surface area contributed by atoms with E-state index < -0.39 is 0 Å². The van der Waals surface area contributed by atoms with E-state index in [9.17, 15) is 0 Å². The number of hydrogen-bond donors (Lipinski definition) is 0. The normalized spacial score (nSPS) is 11.2. The Morgan fingerprint density at radius 1 is 0.895 bits per heavy atom. The lowest BCUT2D eigenvalue weighted by Gasteiger charge is -2.07. The molecule has 0 aromatic carbocycles. The number of unbranched alkanes of at least 4 members (excludes halogenated alkanes) is 3. The van der Waals surface area contributed by atoms with Crippen LogP contribution in [0.25, 0.3) is 0 Å². The van der Waals surface area contributed by atoms with Crippen molar-refractivity contribution in [3.63, 3.8) is 0 Å². The minimum Gasteiger partial charge on any atom is -0.0842 e. The maximum absolute atomic E-state index is 2.30. The third-order valence-electron chi connectivity index (χ3n) is 2.45. The second-order valence-electron chi connectivity index (χ2n) is 3.60. The first-order valence-corrected chi connectivity index (χ1v) is 8.28. The Morgan fingerprint density at radius 2 is 1.47 bits per heavy atom. The molecule has 0 aromatic heterocycles. The molecule has 0 atom stereocenters. The van der Waals surface area contributed by atoms with Crippen LogP contribution in [0.2, 0.25) is 0 Å². The fraction of sp³-hybridized carbons (Fsp3) is 0.789. The molecule has 118 valence electrons. The van der Waals surface area contributed by atoms with Gasteiger partial charge in [0.2, 0.25) is 0 Å². The van der Waals surface area contributed by atoms with E-state index in [-0.39, 0.29) is 7.43 Å². The van der Waals surface area contributed by atoms with Crippen molar-refractivity contribution in [1.29, 1.82) is 0 Å². The summed E-state index contributed by atoms with van der Waals surface area (Å²) >= 11 is 0. The van der Waals surface area contributed by atoms with Crippen molar-refractivity contribution in [2.24, 2.45) is 0 Å². The molecule has 0 bridgehead atoms. The van der Waals surface area contributed by atoms with Crippen LogP contribution < -0.4 is 0 Å². The van der Waals surface area contributed by atoms with Gasteiger partial charge in [0.1, 0.15) is 0 Å². The molecular weight excluding hydrogens is 228 g/mol. The van der Waals surface area contributed by atoms with E-state index in [0.717, 1.165) is 0 Å². The van der Waals surface area contributed by atoms with E-state index in [1.165, 1.54) is 44.9 Å². The molecule has 0 aliphatic heterocycles. The molecule has 0 nitrogen and oxygen atoms in total. The Morgan fingerprint density at radius 3 is 1.89 bits per heavy atom. The molecular formula is C19H42. The summed E-state index contributed by atoms with van der Waals surface area (Å²) in [5.41, 5.74) is 1.66. The summed E-state index contributed by atoms with van der Waals surface area (Å²) in [7, 11) is 0. The minimum absolute atomic E-state index is 0. The fourth-order valence-electron chi connectivity index (χ4n) is 1.64. The molecule has 0 unspecified atom stereocenters. The average Bonchev–Trinajstić information content (AvgIpc) is 2.51. The first-order valence-electron chi connectivity index (χ1n) is 8.28. The lowest BCUT2D eigenvalue weighted by molar-refractivity contribution is 0.653. The fourth-order valence-corrected chi connectivity index (χ4v) is 1.64. The van der Waals surface area contributed by atoms with Gasteiger partial charge in [-0.1, -0.05) is 99.0 Å². The monoisotopic (exact) mass is 270 g/mol. The summed E-state index contributed by atoms with van der Waals surface area (Å²) in [5, 5.41) is 0. The minimum atomic E-state index is 0. The lowest BCUT2D eigenvalue weighted by atomic mass is 9.99. The van der Waals surface area contributed by atoms with Gasteiger partial charge in [0, 0.05) is 0 Å². The van der Waals surface area contributed by atoms with Gasteiger partial charge in [-0.25, -0.2) is 0 Å². The molecule has 0 saturated heterocycles. The molecule has 0 fully saturated rings. The quantitative estimate of drug-likeness (QED) is 0.445. The Bertz CT molecular complexity index is 163. The van der Waals surface area contributed by atoms with E-state index in [4.69, 9.17) is 0 Å². The maximum Gasteiger partial charge on any atom is -0.0282 e. The van der Waals surface area contributed by atoms with Crippen LogP contribution in [-0.4, -0.2) is 0 Å². The number of hydrogen-bond acceptors (Lipinski definition) is 0. The lowest BCUT2D eigenvalue weighted by Crippen LogP contribution is -1.87.